The van der Waals surface area contributed by atoms with Crippen molar-refractivity contribution in [3.05, 3.63) is 27.2 Å². The van der Waals surface area contributed by atoms with Crippen LogP contribution in [0.25, 0.3) is 0 Å². The number of carbonyl (C=O) groups is 1. The fourth-order valence-electron chi connectivity index (χ4n) is 1.00. The van der Waals surface area contributed by atoms with Crippen LogP contribution >= 0.6 is 27.5 Å². The number of rotatable bonds is 2. The minimum Gasteiger partial charge on any atom is -0.405 e. The molecule has 2 nitrogen and oxygen atoms in total. The van der Waals surface area contributed by atoms with Gasteiger partial charge in [-0.15, -0.1) is 13.2 Å². The molecule has 0 fully saturated rings. The summed E-state index contributed by atoms with van der Waals surface area (Å²) in [6.45, 7) is 1.26. The van der Waals surface area contributed by atoms with Crippen LogP contribution in [-0.4, -0.2) is 12.1 Å². The van der Waals surface area contributed by atoms with Gasteiger partial charge in [0.25, 0.3) is 0 Å². The van der Waals surface area contributed by atoms with E-state index >= 15 is 0 Å². The van der Waals surface area contributed by atoms with Gasteiger partial charge in [0.2, 0.25) is 0 Å². The van der Waals surface area contributed by atoms with Crippen LogP contribution in [0.15, 0.2) is 16.6 Å². The summed E-state index contributed by atoms with van der Waals surface area (Å²) in [4.78, 5) is 11.0. The van der Waals surface area contributed by atoms with Crippen molar-refractivity contribution in [1.29, 1.82) is 0 Å². The first kappa shape index (κ1) is 13.3. The fourth-order valence-corrected chi connectivity index (χ4v) is 1.71. The Morgan fingerprint density at radius 1 is 1.44 bits per heavy atom. The summed E-state index contributed by atoms with van der Waals surface area (Å²) in [5.41, 5.74) is 0.128. The Kier molecular flexibility index (Phi) is 3.85. The molecule has 0 radical (unpaired) electrons. The van der Waals surface area contributed by atoms with E-state index in [1.807, 2.05) is 0 Å². The van der Waals surface area contributed by atoms with E-state index in [0.717, 1.165) is 6.07 Å². The molecule has 7 heteroatoms. The average Bonchev–Trinajstić information content (AvgIpc) is 2.07. The number of hydrogen-bond acceptors (Lipinski definition) is 2. The topological polar surface area (TPSA) is 26.3 Å². The lowest BCUT2D eigenvalue weighted by Gasteiger charge is -2.12. The Morgan fingerprint density at radius 2 is 2.00 bits per heavy atom. The molecular weight excluding hydrogens is 312 g/mol. The Labute approximate surface area is 102 Å². The molecule has 16 heavy (non-hydrogen) atoms. The van der Waals surface area contributed by atoms with Crippen LogP contribution in [0.4, 0.5) is 13.2 Å². The summed E-state index contributed by atoms with van der Waals surface area (Å²) >= 11 is 8.50. The van der Waals surface area contributed by atoms with Crippen LogP contribution in [0, 0.1) is 0 Å². The van der Waals surface area contributed by atoms with Crippen molar-refractivity contribution in [3.8, 4) is 5.75 Å². The van der Waals surface area contributed by atoms with Crippen molar-refractivity contribution >= 4 is 33.3 Å². The second-order valence-electron chi connectivity index (χ2n) is 2.87. The highest BCUT2D eigenvalue weighted by atomic mass is 79.9. The second-order valence-corrected chi connectivity index (χ2v) is 4.13. The second kappa shape index (κ2) is 4.63. The number of ether oxygens (including phenoxy) is 1. The summed E-state index contributed by atoms with van der Waals surface area (Å²) < 4.78 is 39.6. The number of carbonyl (C=O) groups excluding carboxylic acids is 1. The van der Waals surface area contributed by atoms with Crippen LogP contribution < -0.4 is 4.74 Å². The van der Waals surface area contributed by atoms with Gasteiger partial charge in [0.05, 0.1) is 9.50 Å². The molecule has 0 saturated heterocycles. The number of Topliss-reactive ketones (excluding diaryl/α,β-unsaturated/α-hetero) is 1. The molecule has 0 aliphatic heterocycles. The molecule has 0 aromatic heterocycles. The summed E-state index contributed by atoms with van der Waals surface area (Å²) in [5, 5.41) is -0.0880. The predicted molar refractivity (Wildman–Crippen MR) is 55.8 cm³/mol. The van der Waals surface area contributed by atoms with Gasteiger partial charge in [0.15, 0.2) is 5.78 Å². The van der Waals surface area contributed by atoms with Crippen molar-refractivity contribution in [3.63, 3.8) is 0 Å². The van der Waals surface area contributed by atoms with Gasteiger partial charge < -0.3 is 4.74 Å². The fraction of sp³-hybridized carbons (Fsp3) is 0.222. The number of benzene rings is 1. The first-order chi connectivity index (χ1) is 7.20. The lowest BCUT2D eigenvalue weighted by atomic mass is 10.1. The molecule has 88 valence electrons. The maximum Gasteiger partial charge on any atom is 0.573 e. The van der Waals surface area contributed by atoms with Crippen molar-refractivity contribution < 1.29 is 22.7 Å². The quantitative estimate of drug-likeness (QED) is 0.764. The van der Waals surface area contributed by atoms with Gasteiger partial charge >= 0.3 is 6.36 Å². The first-order valence-corrected chi connectivity index (χ1v) is 5.13. The van der Waals surface area contributed by atoms with Crippen molar-refractivity contribution in [2.45, 2.75) is 13.3 Å². The minimum absolute atomic E-state index is 0.0134. The van der Waals surface area contributed by atoms with E-state index in [-0.39, 0.29) is 20.8 Å². The van der Waals surface area contributed by atoms with Crippen molar-refractivity contribution in [2.75, 3.05) is 0 Å². The van der Waals surface area contributed by atoms with Crippen molar-refractivity contribution in [1.82, 2.24) is 0 Å². The third kappa shape index (κ3) is 3.38. The zero-order chi connectivity index (χ0) is 12.5. The summed E-state index contributed by atoms with van der Waals surface area (Å²) in [6, 6.07) is 2.13. The molecule has 0 saturated carbocycles. The van der Waals surface area contributed by atoms with Gasteiger partial charge in [-0.25, -0.2) is 0 Å². The van der Waals surface area contributed by atoms with Crippen molar-refractivity contribution in [2.24, 2.45) is 0 Å². The maximum atomic E-state index is 12.0. The number of alkyl halides is 3. The monoisotopic (exact) mass is 316 g/mol. The molecule has 0 spiro atoms. The molecule has 0 bridgehead atoms. The molecule has 1 rings (SSSR count). The van der Waals surface area contributed by atoms with Gasteiger partial charge in [-0.1, -0.05) is 11.6 Å². The minimum atomic E-state index is -4.80. The third-order valence-electron chi connectivity index (χ3n) is 1.63. The SMILES string of the molecule is CC(=O)c1cc(Br)c(OC(F)(F)F)cc1Cl. The van der Waals surface area contributed by atoms with Gasteiger partial charge in [-0.05, 0) is 28.9 Å². The average molecular weight is 317 g/mol. The molecule has 0 N–H and O–H groups in total. The molecular formula is C9H5BrClF3O2. The van der Waals surface area contributed by atoms with Crippen LogP contribution in [0.5, 0.6) is 5.75 Å². The Bertz CT molecular complexity index is 431. The molecule has 0 amide bonds. The smallest absolute Gasteiger partial charge is 0.405 e. The summed E-state index contributed by atoms with van der Waals surface area (Å²) in [5.74, 6) is -0.827. The lowest BCUT2D eigenvalue weighted by molar-refractivity contribution is -0.274. The van der Waals surface area contributed by atoms with Gasteiger partial charge in [-0.2, -0.15) is 0 Å². The summed E-state index contributed by atoms with van der Waals surface area (Å²) in [7, 11) is 0. The lowest BCUT2D eigenvalue weighted by Crippen LogP contribution is -2.17. The number of hydrogen-bond donors (Lipinski definition) is 0. The number of ketones is 1. The molecule has 1 aromatic carbocycles. The zero-order valence-electron chi connectivity index (χ0n) is 7.86. The molecule has 0 aliphatic rings. The Hall–Kier alpha value is -0.750. The van der Waals surface area contributed by atoms with E-state index in [2.05, 4.69) is 20.7 Å². The highest BCUT2D eigenvalue weighted by Crippen LogP contribution is 2.34. The standard InChI is InChI=1S/C9H5BrClF3O2/c1-4(15)5-2-6(10)8(3-7(5)11)16-9(12,13)14/h2-3H,1H3. The van der Waals surface area contributed by atoms with E-state index in [4.69, 9.17) is 11.6 Å². The van der Waals surface area contributed by atoms with Gasteiger partial charge in [0, 0.05) is 11.6 Å². The Balaban J connectivity index is 3.16. The third-order valence-corrected chi connectivity index (χ3v) is 2.56. The Morgan fingerprint density at radius 3 is 2.44 bits per heavy atom. The highest BCUT2D eigenvalue weighted by Gasteiger charge is 2.32. The summed E-state index contributed by atoms with van der Waals surface area (Å²) in [6.07, 6.45) is -4.80. The molecule has 0 heterocycles. The van der Waals surface area contributed by atoms with Crippen LogP contribution in [0.1, 0.15) is 17.3 Å². The van der Waals surface area contributed by atoms with Crippen LogP contribution in [-0.2, 0) is 0 Å². The molecule has 0 aliphatic carbocycles. The van der Waals surface area contributed by atoms with E-state index in [1.54, 1.807) is 0 Å². The zero-order valence-corrected chi connectivity index (χ0v) is 10.2. The largest absolute Gasteiger partial charge is 0.573 e. The molecule has 1 aromatic rings. The van der Waals surface area contributed by atoms with Crippen LogP contribution in [0.3, 0.4) is 0 Å². The van der Waals surface area contributed by atoms with Gasteiger partial charge in [-0.3, -0.25) is 4.79 Å². The first-order valence-electron chi connectivity index (χ1n) is 3.96. The van der Waals surface area contributed by atoms with E-state index in [0.29, 0.717) is 0 Å². The van der Waals surface area contributed by atoms with E-state index in [9.17, 15) is 18.0 Å². The highest BCUT2D eigenvalue weighted by molar-refractivity contribution is 9.10. The predicted octanol–water partition coefficient (Wildman–Crippen LogP) is 4.20. The van der Waals surface area contributed by atoms with E-state index in [1.165, 1.54) is 13.0 Å². The maximum absolute atomic E-state index is 12.0. The molecule has 0 atom stereocenters. The normalized spacial score (nSPS) is 11.4. The van der Waals surface area contributed by atoms with E-state index < -0.39 is 12.1 Å². The van der Waals surface area contributed by atoms with Gasteiger partial charge in [0.1, 0.15) is 5.75 Å². The number of halogens is 5. The van der Waals surface area contributed by atoms with Crippen LogP contribution in [0.2, 0.25) is 5.02 Å². The molecule has 0 unspecified atom stereocenters.